The Balaban J connectivity index is 2.03. The van der Waals surface area contributed by atoms with Crippen molar-refractivity contribution in [3.05, 3.63) is 71.8 Å². The highest BCUT2D eigenvalue weighted by molar-refractivity contribution is 7.90. The molecule has 0 saturated carbocycles. The molecule has 4 rings (SSSR count). The Morgan fingerprint density at radius 1 is 1.03 bits per heavy atom. The lowest BCUT2D eigenvalue weighted by Gasteiger charge is -2.05. The number of hydrogen-bond acceptors (Lipinski definition) is 5. The third-order valence-corrected chi connectivity index (χ3v) is 5.80. The molecule has 9 heteroatoms. The van der Waals surface area contributed by atoms with Crippen molar-refractivity contribution >= 4 is 21.5 Å². The molecule has 0 amide bonds. The summed E-state index contributed by atoms with van der Waals surface area (Å²) in [4.78, 5) is 15.9. The lowest BCUT2D eigenvalue weighted by Crippen LogP contribution is -2.05. The van der Waals surface area contributed by atoms with Crippen LogP contribution in [0.15, 0.2) is 59.5 Å². The Bertz CT molecular complexity index is 1390. The zero-order valence-electron chi connectivity index (χ0n) is 16.0. The van der Waals surface area contributed by atoms with Crippen LogP contribution < -0.4 is 0 Å². The SMILES string of the molecule is Cc1cc(C(=O)O)nc2c(-c3ccc(F)cc3)c(-c3ccc(S(C)(=O)=O)cc3)nn12. The molecule has 0 aliphatic rings. The number of hydrogen-bond donors (Lipinski definition) is 1. The first-order valence-electron chi connectivity index (χ1n) is 8.85. The van der Waals surface area contributed by atoms with Crippen molar-refractivity contribution in [3.63, 3.8) is 0 Å². The number of carboxylic acids is 1. The normalized spacial score (nSPS) is 11.7. The third-order valence-electron chi connectivity index (χ3n) is 4.68. The monoisotopic (exact) mass is 425 g/mol. The van der Waals surface area contributed by atoms with E-state index in [9.17, 15) is 22.7 Å². The standard InChI is InChI=1S/C21H16FN3O4S/c1-12-11-17(21(26)27)23-20-18(13-3-7-15(22)8-4-13)19(24-25(12)20)14-5-9-16(10-6-14)30(2,28)29/h3-11H,1-2H3,(H,26,27). The second-order valence-corrected chi connectivity index (χ2v) is 8.87. The topological polar surface area (TPSA) is 102 Å². The van der Waals surface area contributed by atoms with Crippen LogP contribution in [0.1, 0.15) is 16.2 Å². The predicted octanol–water partition coefficient (Wildman–Crippen LogP) is 3.61. The van der Waals surface area contributed by atoms with E-state index in [4.69, 9.17) is 0 Å². The van der Waals surface area contributed by atoms with Crippen LogP contribution in [0.2, 0.25) is 0 Å². The zero-order valence-corrected chi connectivity index (χ0v) is 16.8. The first kappa shape index (κ1) is 19.7. The number of carbonyl (C=O) groups is 1. The number of aromatic carboxylic acids is 1. The molecule has 0 aliphatic carbocycles. The lowest BCUT2D eigenvalue weighted by atomic mass is 10.0. The number of nitrogens with zero attached hydrogens (tertiary/aromatic N) is 3. The fourth-order valence-electron chi connectivity index (χ4n) is 3.22. The molecule has 2 aromatic heterocycles. The predicted molar refractivity (Wildman–Crippen MR) is 109 cm³/mol. The molecule has 2 aromatic carbocycles. The van der Waals surface area contributed by atoms with Crippen molar-refractivity contribution in [3.8, 4) is 22.4 Å². The van der Waals surface area contributed by atoms with E-state index < -0.39 is 21.6 Å². The zero-order chi connectivity index (χ0) is 21.6. The number of aryl methyl sites for hydroxylation is 1. The van der Waals surface area contributed by atoms with Crippen molar-refractivity contribution in [1.29, 1.82) is 0 Å². The number of halogens is 1. The Kier molecular flexibility index (Phi) is 4.62. The molecular formula is C21H16FN3O4S. The van der Waals surface area contributed by atoms with Gasteiger partial charge in [0.25, 0.3) is 0 Å². The second-order valence-electron chi connectivity index (χ2n) is 6.85. The van der Waals surface area contributed by atoms with Gasteiger partial charge < -0.3 is 5.11 Å². The van der Waals surface area contributed by atoms with E-state index in [0.717, 1.165) is 6.26 Å². The lowest BCUT2D eigenvalue weighted by molar-refractivity contribution is 0.0690. The fraction of sp³-hybridized carbons (Fsp3) is 0.0952. The maximum absolute atomic E-state index is 13.5. The molecule has 0 fully saturated rings. The van der Waals surface area contributed by atoms with Gasteiger partial charge in [-0.2, -0.15) is 5.10 Å². The van der Waals surface area contributed by atoms with Gasteiger partial charge in [-0.15, -0.1) is 0 Å². The Labute approximate surface area is 171 Å². The maximum atomic E-state index is 13.5. The van der Waals surface area contributed by atoms with E-state index in [1.807, 2.05) is 0 Å². The van der Waals surface area contributed by atoms with E-state index in [0.29, 0.717) is 33.7 Å². The van der Waals surface area contributed by atoms with E-state index >= 15 is 0 Å². The minimum Gasteiger partial charge on any atom is -0.477 e. The molecule has 0 aliphatic heterocycles. The number of aromatic nitrogens is 3. The van der Waals surface area contributed by atoms with Crippen molar-refractivity contribution < 1.29 is 22.7 Å². The van der Waals surface area contributed by atoms with Gasteiger partial charge in [-0.05, 0) is 42.8 Å². The smallest absolute Gasteiger partial charge is 0.354 e. The molecule has 152 valence electrons. The molecule has 0 spiro atoms. The van der Waals surface area contributed by atoms with E-state index in [-0.39, 0.29) is 10.6 Å². The van der Waals surface area contributed by atoms with Crippen LogP contribution in [-0.4, -0.2) is 40.3 Å². The molecule has 0 radical (unpaired) electrons. The van der Waals surface area contributed by atoms with Gasteiger partial charge in [0.1, 0.15) is 11.5 Å². The van der Waals surface area contributed by atoms with Crippen LogP contribution in [0.5, 0.6) is 0 Å². The van der Waals surface area contributed by atoms with Gasteiger partial charge in [0.15, 0.2) is 21.2 Å². The van der Waals surface area contributed by atoms with Crippen LogP contribution in [0, 0.1) is 12.7 Å². The van der Waals surface area contributed by atoms with Crippen LogP contribution in [-0.2, 0) is 9.84 Å². The Hall–Kier alpha value is -3.59. The molecule has 0 atom stereocenters. The van der Waals surface area contributed by atoms with E-state index in [1.54, 1.807) is 31.2 Å². The summed E-state index contributed by atoms with van der Waals surface area (Å²) in [5, 5.41) is 14.0. The number of sulfone groups is 1. The minimum absolute atomic E-state index is 0.137. The molecule has 0 bridgehead atoms. The van der Waals surface area contributed by atoms with Gasteiger partial charge in [0, 0.05) is 17.5 Å². The molecule has 4 aromatic rings. The first-order chi connectivity index (χ1) is 14.1. The van der Waals surface area contributed by atoms with Crippen molar-refractivity contribution in [2.24, 2.45) is 0 Å². The second kappa shape index (κ2) is 7.03. The van der Waals surface area contributed by atoms with Gasteiger partial charge in [-0.25, -0.2) is 27.1 Å². The van der Waals surface area contributed by atoms with Crippen molar-refractivity contribution in [2.75, 3.05) is 6.26 Å². The summed E-state index contributed by atoms with van der Waals surface area (Å²) in [6.07, 6.45) is 1.12. The molecular weight excluding hydrogens is 409 g/mol. The molecule has 0 unspecified atom stereocenters. The quantitative estimate of drug-likeness (QED) is 0.536. The first-order valence-corrected chi connectivity index (χ1v) is 10.7. The molecule has 1 N–H and O–H groups in total. The molecule has 7 nitrogen and oxygen atoms in total. The average molecular weight is 425 g/mol. The van der Waals surface area contributed by atoms with Crippen molar-refractivity contribution in [1.82, 2.24) is 14.6 Å². The largest absolute Gasteiger partial charge is 0.477 e. The van der Waals surface area contributed by atoms with Gasteiger partial charge in [0.05, 0.1) is 10.5 Å². The highest BCUT2D eigenvalue weighted by Gasteiger charge is 2.21. The molecule has 30 heavy (non-hydrogen) atoms. The number of benzene rings is 2. The van der Waals surface area contributed by atoms with Crippen molar-refractivity contribution in [2.45, 2.75) is 11.8 Å². The van der Waals surface area contributed by atoms with Gasteiger partial charge in [-0.3, -0.25) is 0 Å². The number of carboxylic acid groups (broad SMARTS) is 1. The Morgan fingerprint density at radius 3 is 2.20 bits per heavy atom. The summed E-state index contributed by atoms with van der Waals surface area (Å²) in [7, 11) is -3.36. The summed E-state index contributed by atoms with van der Waals surface area (Å²) >= 11 is 0. The summed E-state index contributed by atoms with van der Waals surface area (Å²) < 4.78 is 38.5. The maximum Gasteiger partial charge on any atom is 0.354 e. The Morgan fingerprint density at radius 2 is 1.63 bits per heavy atom. The van der Waals surface area contributed by atoms with Gasteiger partial charge in [-0.1, -0.05) is 24.3 Å². The summed E-state index contributed by atoms with van der Waals surface area (Å²) in [6, 6.07) is 13.3. The summed E-state index contributed by atoms with van der Waals surface area (Å²) in [5.74, 6) is -1.59. The van der Waals surface area contributed by atoms with Crippen LogP contribution >= 0.6 is 0 Å². The van der Waals surface area contributed by atoms with E-state index in [2.05, 4.69) is 10.1 Å². The minimum atomic E-state index is -3.36. The van der Waals surface area contributed by atoms with E-state index in [1.165, 1.54) is 34.8 Å². The highest BCUT2D eigenvalue weighted by atomic mass is 32.2. The third kappa shape index (κ3) is 3.43. The average Bonchev–Trinajstić information content (AvgIpc) is 3.08. The summed E-state index contributed by atoms with van der Waals surface area (Å²) in [6.45, 7) is 1.71. The fourth-order valence-corrected chi connectivity index (χ4v) is 3.85. The highest BCUT2D eigenvalue weighted by Crippen LogP contribution is 2.35. The van der Waals surface area contributed by atoms with Crippen LogP contribution in [0.3, 0.4) is 0 Å². The van der Waals surface area contributed by atoms with Crippen LogP contribution in [0.25, 0.3) is 28.0 Å². The molecule has 2 heterocycles. The number of fused-ring (bicyclic) bond motifs is 1. The number of rotatable bonds is 4. The van der Waals surface area contributed by atoms with Gasteiger partial charge >= 0.3 is 5.97 Å². The summed E-state index contributed by atoms with van der Waals surface area (Å²) in [5.41, 5.74) is 2.93. The molecule has 0 saturated heterocycles. The van der Waals surface area contributed by atoms with Gasteiger partial charge in [0.2, 0.25) is 0 Å². The van der Waals surface area contributed by atoms with Crippen LogP contribution in [0.4, 0.5) is 4.39 Å².